The predicted octanol–water partition coefficient (Wildman–Crippen LogP) is 2.61. The first-order valence-corrected chi connectivity index (χ1v) is 6.10. The number of anilines is 1. The molecule has 1 aromatic heterocycles. The number of methoxy groups -OCH3 is 1. The number of ether oxygens (including phenoxy) is 1. The van der Waals surface area contributed by atoms with Crippen LogP contribution in [0.15, 0.2) is 28.8 Å². The Bertz CT molecular complexity index is 503. The summed E-state index contributed by atoms with van der Waals surface area (Å²) in [6, 6.07) is 8.05. The van der Waals surface area contributed by atoms with E-state index in [1.165, 1.54) is 5.56 Å². The van der Waals surface area contributed by atoms with Crippen molar-refractivity contribution in [1.29, 1.82) is 0 Å². The molecule has 0 spiro atoms. The van der Waals surface area contributed by atoms with Crippen LogP contribution in [-0.4, -0.2) is 12.3 Å². The Morgan fingerprint density at radius 2 is 1.94 bits per heavy atom. The van der Waals surface area contributed by atoms with Gasteiger partial charge >= 0.3 is 0 Å². The molecule has 4 heteroatoms. The molecule has 2 N–H and O–H groups in total. The third kappa shape index (κ3) is 2.64. The number of aromatic nitrogens is 1. The van der Waals surface area contributed by atoms with E-state index in [0.29, 0.717) is 5.82 Å². The van der Waals surface area contributed by atoms with Gasteiger partial charge in [-0.05, 0) is 30.5 Å². The number of nitrogens with zero attached hydrogens (tertiary/aromatic N) is 1. The summed E-state index contributed by atoms with van der Waals surface area (Å²) in [6.45, 7) is 2.06. The van der Waals surface area contributed by atoms with Gasteiger partial charge in [0.15, 0.2) is 5.82 Å². The summed E-state index contributed by atoms with van der Waals surface area (Å²) in [5, 5.41) is 3.81. The van der Waals surface area contributed by atoms with Crippen molar-refractivity contribution in [2.45, 2.75) is 26.2 Å². The summed E-state index contributed by atoms with van der Waals surface area (Å²) >= 11 is 0. The van der Waals surface area contributed by atoms with Crippen molar-refractivity contribution >= 4 is 5.82 Å². The highest BCUT2D eigenvalue weighted by atomic mass is 16.5. The minimum absolute atomic E-state index is 0.516. The lowest BCUT2D eigenvalue weighted by atomic mass is 10.1. The van der Waals surface area contributed by atoms with Crippen molar-refractivity contribution in [3.63, 3.8) is 0 Å². The van der Waals surface area contributed by atoms with Crippen LogP contribution >= 0.6 is 0 Å². The van der Waals surface area contributed by atoms with Crippen LogP contribution in [0.5, 0.6) is 5.75 Å². The largest absolute Gasteiger partial charge is 0.497 e. The van der Waals surface area contributed by atoms with E-state index in [1.807, 2.05) is 12.1 Å². The number of rotatable bonds is 5. The highest BCUT2D eigenvalue weighted by molar-refractivity contribution is 5.40. The van der Waals surface area contributed by atoms with Gasteiger partial charge in [-0.2, -0.15) is 0 Å². The Morgan fingerprint density at radius 3 is 2.56 bits per heavy atom. The molecule has 96 valence electrons. The SMILES string of the molecule is CCc1c(N)noc1CCc1ccc(OC)cc1. The van der Waals surface area contributed by atoms with E-state index in [0.717, 1.165) is 36.3 Å². The molecule has 0 aliphatic rings. The van der Waals surface area contributed by atoms with Crippen molar-refractivity contribution in [1.82, 2.24) is 5.16 Å². The molecule has 0 aliphatic heterocycles. The molecule has 0 saturated carbocycles. The minimum atomic E-state index is 0.516. The smallest absolute Gasteiger partial charge is 0.170 e. The summed E-state index contributed by atoms with van der Waals surface area (Å²) in [4.78, 5) is 0. The van der Waals surface area contributed by atoms with Gasteiger partial charge in [-0.15, -0.1) is 0 Å². The van der Waals surface area contributed by atoms with E-state index < -0.39 is 0 Å². The van der Waals surface area contributed by atoms with Crippen molar-refractivity contribution in [3.8, 4) is 5.75 Å². The summed E-state index contributed by atoms with van der Waals surface area (Å²) in [5.41, 5.74) is 8.01. The van der Waals surface area contributed by atoms with Gasteiger partial charge < -0.3 is 15.0 Å². The van der Waals surface area contributed by atoms with E-state index in [4.69, 9.17) is 15.0 Å². The Morgan fingerprint density at radius 1 is 1.22 bits per heavy atom. The highest BCUT2D eigenvalue weighted by Crippen LogP contribution is 2.19. The second-order valence-electron chi connectivity index (χ2n) is 4.17. The number of hydrogen-bond acceptors (Lipinski definition) is 4. The number of benzene rings is 1. The fraction of sp³-hybridized carbons (Fsp3) is 0.357. The molecule has 0 fully saturated rings. The van der Waals surface area contributed by atoms with Gasteiger partial charge in [-0.3, -0.25) is 0 Å². The summed E-state index contributed by atoms with van der Waals surface area (Å²) in [7, 11) is 1.67. The average Bonchev–Trinajstić information content (AvgIpc) is 2.77. The topological polar surface area (TPSA) is 61.3 Å². The molecule has 0 bridgehead atoms. The molecule has 2 aromatic rings. The zero-order valence-corrected chi connectivity index (χ0v) is 10.8. The second kappa shape index (κ2) is 5.58. The minimum Gasteiger partial charge on any atom is -0.497 e. The Kier molecular flexibility index (Phi) is 3.87. The Labute approximate surface area is 107 Å². The standard InChI is InChI=1S/C14H18N2O2/c1-3-12-13(18-16-14(12)15)9-6-10-4-7-11(17-2)8-5-10/h4-5,7-8H,3,6,9H2,1-2H3,(H2,15,16). The molecule has 0 amide bonds. The molecular formula is C14H18N2O2. The molecular weight excluding hydrogens is 228 g/mol. The quantitative estimate of drug-likeness (QED) is 0.881. The first kappa shape index (κ1) is 12.5. The molecule has 1 aromatic carbocycles. The van der Waals surface area contributed by atoms with Gasteiger partial charge in [0, 0.05) is 12.0 Å². The van der Waals surface area contributed by atoms with Gasteiger partial charge in [-0.1, -0.05) is 24.2 Å². The van der Waals surface area contributed by atoms with Crippen molar-refractivity contribution < 1.29 is 9.26 Å². The number of hydrogen-bond donors (Lipinski definition) is 1. The van der Waals surface area contributed by atoms with Crippen LogP contribution in [0.2, 0.25) is 0 Å². The normalized spacial score (nSPS) is 10.6. The van der Waals surface area contributed by atoms with Crippen LogP contribution in [-0.2, 0) is 19.3 Å². The van der Waals surface area contributed by atoms with E-state index in [2.05, 4.69) is 24.2 Å². The third-order valence-corrected chi connectivity index (χ3v) is 3.05. The van der Waals surface area contributed by atoms with E-state index in [9.17, 15) is 0 Å². The van der Waals surface area contributed by atoms with Crippen molar-refractivity contribution in [2.75, 3.05) is 12.8 Å². The van der Waals surface area contributed by atoms with Gasteiger partial charge in [0.1, 0.15) is 11.5 Å². The zero-order valence-electron chi connectivity index (χ0n) is 10.8. The number of aryl methyl sites for hydroxylation is 2. The van der Waals surface area contributed by atoms with E-state index in [1.54, 1.807) is 7.11 Å². The second-order valence-corrected chi connectivity index (χ2v) is 4.17. The first-order chi connectivity index (χ1) is 8.74. The van der Waals surface area contributed by atoms with Crippen LogP contribution in [0.25, 0.3) is 0 Å². The molecule has 0 atom stereocenters. The average molecular weight is 246 g/mol. The fourth-order valence-electron chi connectivity index (χ4n) is 1.98. The van der Waals surface area contributed by atoms with Gasteiger partial charge in [0.2, 0.25) is 0 Å². The van der Waals surface area contributed by atoms with Crippen LogP contribution in [0.1, 0.15) is 23.8 Å². The summed E-state index contributed by atoms with van der Waals surface area (Å²) in [6.07, 6.45) is 2.58. The molecule has 2 rings (SSSR count). The third-order valence-electron chi connectivity index (χ3n) is 3.05. The predicted molar refractivity (Wildman–Crippen MR) is 70.7 cm³/mol. The van der Waals surface area contributed by atoms with Crippen LogP contribution in [0, 0.1) is 0 Å². The van der Waals surface area contributed by atoms with Crippen LogP contribution in [0.3, 0.4) is 0 Å². The van der Waals surface area contributed by atoms with Crippen LogP contribution < -0.4 is 10.5 Å². The monoisotopic (exact) mass is 246 g/mol. The molecule has 0 aliphatic carbocycles. The number of nitrogen functional groups attached to an aromatic ring is 1. The first-order valence-electron chi connectivity index (χ1n) is 6.10. The van der Waals surface area contributed by atoms with Gasteiger partial charge in [0.25, 0.3) is 0 Å². The molecule has 0 radical (unpaired) electrons. The lowest BCUT2D eigenvalue weighted by Crippen LogP contribution is -1.96. The zero-order chi connectivity index (χ0) is 13.0. The number of nitrogens with two attached hydrogens (primary N) is 1. The summed E-state index contributed by atoms with van der Waals surface area (Å²) in [5.74, 6) is 2.28. The summed E-state index contributed by atoms with van der Waals surface area (Å²) < 4.78 is 10.4. The van der Waals surface area contributed by atoms with Gasteiger partial charge in [0.05, 0.1) is 7.11 Å². The fourth-order valence-corrected chi connectivity index (χ4v) is 1.98. The van der Waals surface area contributed by atoms with E-state index >= 15 is 0 Å². The van der Waals surface area contributed by atoms with Gasteiger partial charge in [-0.25, -0.2) is 0 Å². The van der Waals surface area contributed by atoms with Crippen LogP contribution in [0.4, 0.5) is 5.82 Å². The van der Waals surface area contributed by atoms with Crippen molar-refractivity contribution in [3.05, 3.63) is 41.2 Å². The van der Waals surface area contributed by atoms with Crippen molar-refractivity contribution in [2.24, 2.45) is 0 Å². The molecule has 0 saturated heterocycles. The molecule has 0 unspecified atom stereocenters. The Hall–Kier alpha value is -1.97. The molecule has 4 nitrogen and oxygen atoms in total. The highest BCUT2D eigenvalue weighted by Gasteiger charge is 2.11. The lowest BCUT2D eigenvalue weighted by Gasteiger charge is -2.03. The lowest BCUT2D eigenvalue weighted by molar-refractivity contribution is 0.384. The maximum Gasteiger partial charge on any atom is 0.170 e. The molecule has 18 heavy (non-hydrogen) atoms. The molecule has 1 heterocycles. The Balaban J connectivity index is 2.02. The maximum absolute atomic E-state index is 5.74. The van der Waals surface area contributed by atoms with E-state index in [-0.39, 0.29) is 0 Å². The maximum atomic E-state index is 5.74.